The normalized spacial score (nSPS) is 15.0. The highest BCUT2D eigenvalue weighted by molar-refractivity contribution is 14.1. The van der Waals surface area contributed by atoms with Crippen LogP contribution in [0.15, 0.2) is 41.0 Å². The number of halogens is 1. The fourth-order valence-electron chi connectivity index (χ4n) is 2.78. The van der Waals surface area contributed by atoms with E-state index in [0.29, 0.717) is 12.3 Å². The van der Waals surface area contributed by atoms with Crippen molar-refractivity contribution >= 4 is 40.4 Å². The lowest BCUT2D eigenvalue weighted by atomic mass is 10.1. The van der Waals surface area contributed by atoms with E-state index in [2.05, 4.69) is 37.8 Å². The van der Waals surface area contributed by atoms with Gasteiger partial charge < -0.3 is 14.6 Å². The second-order valence-electron chi connectivity index (χ2n) is 5.73. The monoisotopic (exact) mass is 437 g/mol. The van der Waals surface area contributed by atoms with Crippen molar-refractivity contribution in [1.29, 1.82) is 0 Å². The van der Waals surface area contributed by atoms with E-state index < -0.39 is 0 Å². The van der Waals surface area contributed by atoms with E-state index in [1.807, 2.05) is 30.5 Å². The summed E-state index contributed by atoms with van der Waals surface area (Å²) < 4.78 is 6.20. The van der Waals surface area contributed by atoms with Crippen LogP contribution < -0.4 is 10.2 Å². The molecule has 6 heteroatoms. The summed E-state index contributed by atoms with van der Waals surface area (Å²) in [5, 5.41) is 2.92. The Labute approximate surface area is 155 Å². The third-order valence-electron chi connectivity index (χ3n) is 3.97. The molecule has 1 saturated heterocycles. The van der Waals surface area contributed by atoms with Gasteiger partial charge in [0.1, 0.15) is 11.6 Å². The summed E-state index contributed by atoms with van der Waals surface area (Å²) in [4.78, 5) is 18.8. The Morgan fingerprint density at radius 1 is 1.29 bits per heavy atom. The molecule has 0 bridgehead atoms. The van der Waals surface area contributed by atoms with E-state index in [9.17, 15) is 4.79 Å². The molecule has 0 saturated carbocycles. The molecule has 3 heterocycles. The number of rotatable bonds is 5. The maximum absolute atomic E-state index is 12.0. The molecule has 0 aromatic carbocycles. The number of carbonyl (C=O) groups excluding carboxylic acids is 1. The van der Waals surface area contributed by atoms with Crippen LogP contribution in [0.5, 0.6) is 0 Å². The fraction of sp³-hybridized carbons (Fsp3) is 0.333. The zero-order valence-corrected chi connectivity index (χ0v) is 15.5. The minimum absolute atomic E-state index is 0.144. The van der Waals surface area contributed by atoms with Gasteiger partial charge >= 0.3 is 0 Å². The van der Waals surface area contributed by atoms with Crippen molar-refractivity contribution in [2.75, 3.05) is 18.0 Å². The van der Waals surface area contributed by atoms with Crippen LogP contribution in [0.25, 0.3) is 6.08 Å². The Balaban J connectivity index is 1.60. The highest BCUT2D eigenvalue weighted by Crippen LogP contribution is 2.21. The summed E-state index contributed by atoms with van der Waals surface area (Å²) in [6, 6.07) is 7.63. The first-order valence-electron chi connectivity index (χ1n) is 8.12. The first kappa shape index (κ1) is 17.0. The molecule has 3 rings (SSSR count). The molecule has 1 fully saturated rings. The molecule has 2 aromatic heterocycles. The lowest BCUT2D eigenvalue weighted by molar-refractivity contribution is -0.116. The van der Waals surface area contributed by atoms with Gasteiger partial charge in [-0.2, -0.15) is 0 Å². The van der Waals surface area contributed by atoms with Gasteiger partial charge in [-0.1, -0.05) is 6.07 Å². The topological polar surface area (TPSA) is 58.4 Å². The number of pyridine rings is 1. The van der Waals surface area contributed by atoms with Crippen LogP contribution in [0.4, 0.5) is 5.82 Å². The lowest BCUT2D eigenvalue weighted by Gasteiger charge is -2.29. The van der Waals surface area contributed by atoms with E-state index in [0.717, 1.165) is 28.2 Å². The van der Waals surface area contributed by atoms with Crippen molar-refractivity contribution in [3.05, 3.63) is 51.6 Å². The van der Waals surface area contributed by atoms with Gasteiger partial charge in [0, 0.05) is 37.5 Å². The second kappa shape index (κ2) is 8.32. The van der Waals surface area contributed by atoms with Gasteiger partial charge in [0.2, 0.25) is 5.91 Å². The minimum Gasteiger partial charge on any atom is -0.451 e. The summed E-state index contributed by atoms with van der Waals surface area (Å²) in [6.07, 6.45) is 8.66. The molecule has 24 heavy (non-hydrogen) atoms. The molecule has 126 valence electrons. The standard InChI is InChI=1S/C18H20IN3O2/c19-16-8-6-15(24-16)7-9-17(23)21-13-14-5-4-10-20-18(14)22-11-2-1-3-12-22/h4-10H,1-3,11-13H2,(H,21,23). The van der Waals surface area contributed by atoms with Gasteiger partial charge in [0.25, 0.3) is 0 Å². The Morgan fingerprint density at radius 2 is 2.12 bits per heavy atom. The number of anilines is 1. The van der Waals surface area contributed by atoms with Gasteiger partial charge in [-0.15, -0.1) is 0 Å². The number of nitrogens with zero attached hydrogens (tertiary/aromatic N) is 2. The van der Waals surface area contributed by atoms with Crippen molar-refractivity contribution in [2.45, 2.75) is 25.8 Å². The molecule has 1 N–H and O–H groups in total. The van der Waals surface area contributed by atoms with Crippen molar-refractivity contribution in [3.8, 4) is 0 Å². The maximum atomic E-state index is 12.0. The van der Waals surface area contributed by atoms with Gasteiger partial charge in [-0.25, -0.2) is 4.98 Å². The predicted molar refractivity (Wildman–Crippen MR) is 103 cm³/mol. The molecule has 5 nitrogen and oxygen atoms in total. The highest BCUT2D eigenvalue weighted by atomic mass is 127. The minimum atomic E-state index is -0.144. The Morgan fingerprint density at radius 3 is 2.88 bits per heavy atom. The van der Waals surface area contributed by atoms with E-state index >= 15 is 0 Å². The molecule has 1 aliphatic heterocycles. The zero-order chi connectivity index (χ0) is 16.8. The largest absolute Gasteiger partial charge is 0.451 e. The van der Waals surface area contributed by atoms with Crippen LogP contribution in [-0.2, 0) is 11.3 Å². The quantitative estimate of drug-likeness (QED) is 0.574. The first-order chi connectivity index (χ1) is 11.7. The smallest absolute Gasteiger partial charge is 0.244 e. The fourth-order valence-corrected chi connectivity index (χ4v) is 3.21. The Hall–Kier alpha value is -1.83. The lowest BCUT2D eigenvalue weighted by Crippen LogP contribution is -2.32. The summed E-state index contributed by atoms with van der Waals surface area (Å²) in [6.45, 7) is 2.54. The number of nitrogens with one attached hydrogen (secondary N) is 1. The van der Waals surface area contributed by atoms with Gasteiger partial charge in [-0.3, -0.25) is 4.79 Å². The van der Waals surface area contributed by atoms with Gasteiger partial charge in [0.15, 0.2) is 3.77 Å². The average Bonchev–Trinajstić information content (AvgIpc) is 3.04. The number of furan rings is 1. The number of hydrogen-bond donors (Lipinski definition) is 1. The van der Waals surface area contributed by atoms with Crippen LogP contribution >= 0.6 is 22.6 Å². The van der Waals surface area contributed by atoms with Crippen LogP contribution in [-0.4, -0.2) is 24.0 Å². The van der Waals surface area contributed by atoms with Crippen LogP contribution in [0.2, 0.25) is 0 Å². The first-order valence-corrected chi connectivity index (χ1v) is 9.20. The van der Waals surface area contributed by atoms with Crippen LogP contribution in [0.1, 0.15) is 30.6 Å². The molecule has 0 spiro atoms. The summed E-state index contributed by atoms with van der Waals surface area (Å²) in [5.74, 6) is 1.52. The number of hydrogen-bond acceptors (Lipinski definition) is 4. The zero-order valence-electron chi connectivity index (χ0n) is 13.4. The van der Waals surface area contributed by atoms with E-state index in [4.69, 9.17) is 4.42 Å². The highest BCUT2D eigenvalue weighted by Gasteiger charge is 2.15. The van der Waals surface area contributed by atoms with Crippen LogP contribution in [0, 0.1) is 3.77 Å². The number of amides is 1. The maximum Gasteiger partial charge on any atom is 0.244 e. The third-order valence-corrected chi connectivity index (χ3v) is 4.55. The van der Waals surface area contributed by atoms with Gasteiger partial charge in [-0.05, 0) is 66.1 Å². The Kier molecular flexibility index (Phi) is 5.90. The molecule has 0 unspecified atom stereocenters. The van der Waals surface area contributed by atoms with Crippen molar-refractivity contribution in [3.63, 3.8) is 0 Å². The summed E-state index contributed by atoms with van der Waals surface area (Å²) in [7, 11) is 0. The van der Waals surface area contributed by atoms with Crippen molar-refractivity contribution < 1.29 is 9.21 Å². The van der Waals surface area contributed by atoms with E-state index in [1.165, 1.54) is 25.3 Å². The average molecular weight is 437 g/mol. The van der Waals surface area contributed by atoms with Gasteiger partial charge in [0.05, 0.1) is 0 Å². The summed E-state index contributed by atoms with van der Waals surface area (Å²) in [5.41, 5.74) is 1.05. The molecule has 2 aromatic rings. The molecule has 1 aliphatic rings. The SMILES string of the molecule is O=C(C=Cc1ccc(I)o1)NCc1cccnc1N1CCCCC1. The second-order valence-corrected chi connectivity index (χ2v) is 6.79. The van der Waals surface area contributed by atoms with E-state index in [1.54, 1.807) is 6.08 Å². The number of piperidine rings is 1. The van der Waals surface area contributed by atoms with E-state index in [-0.39, 0.29) is 5.91 Å². The van der Waals surface area contributed by atoms with Crippen molar-refractivity contribution in [1.82, 2.24) is 10.3 Å². The molecule has 0 atom stereocenters. The molecule has 0 radical (unpaired) electrons. The Bertz CT molecular complexity index is 721. The molecule has 1 amide bonds. The summed E-state index contributed by atoms with van der Waals surface area (Å²) >= 11 is 2.09. The van der Waals surface area contributed by atoms with Crippen molar-refractivity contribution in [2.24, 2.45) is 0 Å². The molecular weight excluding hydrogens is 417 g/mol. The number of aromatic nitrogens is 1. The van der Waals surface area contributed by atoms with Crippen LogP contribution in [0.3, 0.4) is 0 Å². The predicted octanol–water partition coefficient (Wildman–Crippen LogP) is 3.60. The number of carbonyl (C=O) groups is 1. The molecular formula is C18H20IN3O2. The third kappa shape index (κ3) is 4.59. The molecule has 0 aliphatic carbocycles.